The highest BCUT2D eigenvalue weighted by atomic mass is 19.4. The van der Waals surface area contributed by atoms with Crippen LogP contribution in [-0.4, -0.2) is 17.4 Å². The first-order valence-corrected chi connectivity index (χ1v) is 5.79. The lowest BCUT2D eigenvalue weighted by atomic mass is 10.0. The largest absolute Gasteiger partial charge is 0.491 e. The molecule has 1 aromatic rings. The Morgan fingerprint density at radius 1 is 1.28 bits per heavy atom. The van der Waals surface area contributed by atoms with Crippen molar-refractivity contribution in [2.75, 3.05) is 0 Å². The lowest BCUT2D eigenvalue weighted by Gasteiger charge is -2.15. The number of alkyl halides is 3. The minimum Gasteiger partial charge on any atom is -0.491 e. The van der Waals surface area contributed by atoms with Crippen molar-refractivity contribution in [1.82, 2.24) is 0 Å². The molecule has 0 aliphatic carbocycles. The Hall–Kier alpha value is -1.23. The number of hydrogen-bond acceptors (Lipinski definition) is 2. The molecule has 0 bridgehead atoms. The molecule has 0 amide bonds. The summed E-state index contributed by atoms with van der Waals surface area (Å²) >= 11 is 0. The van der Waals surface area contributed by atoms with E-state index < -0.39 is 18.7 Å². The van der Waals surface area contributed by atoms with Gasteiger partial charge in [0.25, 0.3) is 0 Å². The molecule has 0 radical (unpaired) electrons. The maximum Gasteiger partial charge on any atom is 0.389 e. The Bertz CT molecular complexity index is 375. The van der Waals surface area contributed by atoms with Crippen LogP contribution < -0.4 is 4.74 Å². The second kappa shape index (κ2) is 6.09. The number of benzene rings is 1. The molecule has 1 atom stereocenters. The van der Waals surface area contributed by atoms with E-state index >= 15 is 0 Å². The molecule has 18 heavy (non-hydrogen) atoms. The number of ether oxygens (including phenoxy) is 1. The summed E-state index contributed by atoms with van der Waals surface area (Å²) < 4.78 is 41.6. The van der Waals surface area contributed by atoms with Gasteiger partial charge in [0, 0.05) is 6.42 Å². The fraction of sp³-hybridized carbons (Fsp3) is 0.538. The second-order valence-corrected chi connectivity index (χ2v) is 4.41. The van der Waals surface area contributed by atoms with Crippen molar-refractivity contribution in [2.45, 2.75) is 45.1 Å². The van der Waals surface area contributed by atoms with E-state index in [0.29, 0.717) is 11.3 Å². The SMILES string of the molecule is CC(C)Oc1cccc(C(O)CCC(F)(F)F)c1. The van der Waals surface area contributed by atoms with Crippen LogP contribution in [0.15, 0.2) is 24.3 Å². The molecule has 0 aromatic heterocycles. The Morgan fingerprint density at radius 2 is 1.94 bits per heavy atom. The first-order chi connectivity index (χ1) is 8.28. The Kier molecular flexibility index (Phi) is 5.02. The maximum atomic E-state index is 12.0. The smallest absolute Gasteiger partial charge is 0.389 e. The molecule has 1 N–H and O–H groups in total. The molecule has 0 aliphatic heterocycles. The summed E-state index contributed by atoms with van der Waals surface area (Å²) in [5, 5.41) is 9.69. The highest BCUT2D eigenvalue weighted by molar-refractivity contribution is 5.30. The lowest BCUT2D eigenvalue weighted by Crippen LogP contribution is -2.10. The Labute approximate surface area is 104 Å². The topological polar surface area (TPSA) is 29.5 Å². The van der Waals surface area contributed by atoms with Gasteiger partial charge in [-0.15, -0.1) is 0 Å². The van der Waals surface area contributed by atoms with Crippen LogP contribution >= 0.6 is 0 Å². The van der Waals surface area contributed by atoms with Crippen LogP contribution in [-0.2, 0) is 0 Å². The van der Waals surface area contributed by atoms with Gasteiger partial charge in [0.2, 0.25) is 0 Å². The zero-order valence-electron chi connectivity index (χ0n) is 10.4. The second-order valence-electron chi connectivity index (χ2n) is 4.41. The molecule has 0 saturated carbocycles. The van der Waals surface area contributed by atoms with Crippen molar-refractivity contribution in [3.05, 3.63) is 29.8 Å². The van der Waals surface area contributed by atoms with Crippen LogP contribution in [0.5, 0.6) is 5.75 Å². The van der Waals surface area contributed by atoms with E-state index in [1.807, 2.05) is 13.8 Å². The predicted molar refractivity (Wildman–Crippen MR) is 62.5 cm³/mol. The van der Waals surface area contributed by atoms with Crippen molar-refractivity contribution < 1.29 is 23.0 Å². The number of aliphatic hydroxyl groups is 1. The van der Waals surface area contributed by atoms with Crippen molar-refractivity contribution in [1.29, 1.82) is 0 Å². The monoisotopic (exact) mass is 262 g/mol. The molecule has 1 aromatic carbocycles. The van der Waals surface area contributed by atoms with Crippen LogP contribution in [0.3, 0.4) is 0 Å². The van der Waals surface area contributed by atoms with E-state index in [2.05, 4.69) is 0 Å². The van der Waals surface area contributed by atoms with Crippen molar-refractivity contribution in [2.24, 2.45) is 0 Å². The number of halogens is 3. The quantitative estimate of drug-likeness (QED) is 0.873. The minimum absolute atomic E-state index is 0.0208. The van der Waals surface area contributed by atoms with Gasteiger partial charge in [-0.2, -0.15) is 13.2 Å². The summed E-state index contributed by atoms with van der Waals surface area (Å²) in [5.74, 6) is 0.550. The zero-order chi connectivity index (χ0) is 13.8. The van der Waals surface area contributed by atoms with E-state index in [9.17, 15) is 18.3 Å². The molecule has 0 spiro atoms. The van der Waals surface area contributed by atoms with Crippen LogP contribution in [0.2, 0.25) is 0 Å². The van der Waals surface area contributed by atoms with Crippen LogP contribution in [0.25, 0.3) is 0 Å². The standard InChI is InChI=1S/C13H17F3O2/c1-9(2)18-11-5-3-4-10(8-11)12(17)6-7-13(14,15)16/h3-5,8-9,12,17H,6-7H2,1-2H3. The molecule has 0 aliphatic rings. The summed E-state index contributed by atoms with van der Waals surface area (Å²) in [4.78, 5) is 0. The van der Waals surface area contributed by atoms with Gasteiger partial charge < -0.3 is 9.84 Å². The van der Waals surface area contributed by atoms with Gasteiger partial charge in [0.05, 0.1) is 12.2 Å². The molecular weight excluding hydrogens is 245 g/mol. The van der Waals surface area contributed by atoms with Gasteiger partial charge in [-0.3, -0.25) is 0 Å². The summed E-state index contributed by atoms with van der Waals surface area (Å²) in [6, 6.07) is 6.53. The van der Waals surface area contributed by atoms with Gasteiger partial charge >= 0.3 is 6.18 Å². The fourth-order valence-corrected chi connectivity index (χ4v) is 1.53. The Morgan fingerprint density at radius 3 is 2.50 bits per heavy atom. The minimum atomic E-state index is -4.24. The highest BCUT2D eigenvalue weighted by Crippen LogP contribution is 2.28. The van der Waals surface area contributed by atoms with Crippen molar-refractivity contribution in [3.8, 4) is 5.75 Å². The fourth-order valence-electron chi connectivity index (χ4n) is 1.53. The molecule has 0 fully saturated rings. The van der Waals surface area contributed by atoms with E-state index in [1.165, 1.54) is 0 Å². The third kappa shape index (κ3) is 5.40. The van der Waals surface area contributed by atoms with Crippen LogP contribution in [0.4, 0.5) is 13.2 Å². The molecule has 102 valence electrons. The molecule has 1 rings (SSSR count). The number of rotatable bonds is 5. The van der Waals surface area contributed by atoms with Crippen LogP contribution in [0, 0.1) is 0 Å². The average molecular weight is 262 g/mol. The summed E-state index contributed by atoms with van der Waals surface area (Å²) in [6.45, 7) is 3.71. The number of hydrogen-bond donors (Lipinski definition) is 1. The van der Waals surface area contributed by atoms with Crippen molar-refractivity contribution in [3.63, 3.8) is 0 Å². The number of aliphatic hydroxyl groups excluding tert-OH is 1. The van der Waals surface area contributed by atoms with Crippen LogP contribution in [0.1, 0.15) is 38.4 Å². The lowest BCUT2D eigenvalue weighted by molar-refractivity contribution is -0.140. The van der Waals surface area contributed by atoms with Crippen molar-refractivity contribution >= 4 is 0 Å². The summed E-state index contributed by atoms with van der Waals surface area (Å²) in [6.07, 6.45) is -6.72. The zero-order valence-corrected chi connectivity index (χ0v) is 10.4. The third-order valence-electron chi connectivity index (χ3n) is 2.32. The van der Waals surface area contributed by atoms with E-state index in [4.69, 9.17) is 4.74 Å². The normalized spacial score (nSPS) is 13.7. The molecule has 0 saturated heterocycles. The van der Waals surface area contributed by atoms with Gasteiger partial charge in [0.15, 0.2) is 0 Å². The molecular formula is C13H17F3O2. The van der Waals surface area contributed by atoms with Gasteiger partial charge in [-0.05, 0) is 38.0 Å². The molecule has 5 heteroatoms. The van der Waals surface area contributed by atoms with Gasteiger partial charge in [-0.1, -0.05) is 12.1 Å². The Balaban J connectivity index is 2.65. The van der Waals surface area contributed by atoms with E-state index in [1.54, 1.807) is 24.3 Å². The summed E-state index contributed by atoms with van der Waals surface area (Å²) in [7, 11) is 0. The maximum absolute atomic E-state index is 12.0. The van der Waals surface area contributed by atoms with Gasteiger partial charge in [0.1, 0.15) is 5.75 Å². The van der Waals surface area contributed by atoms with E-state index in [0.717, 1.165) is 0 Å². The predicted octanol–water partition coefficient (Wildman–Crippen LogP) is 3.85. The molecule has 2 nitrogen and oxygen atoms in total. The molecule has 1 unspecified atom stereocenters. The first-order valence-electron chi connectivity index (χ1n) is 5.79. The van der Waals surface area contributed by atoms with Gasteiger partial charge in [-0.25, -0.2) is 0 Å². The highest BCUT2D eigenvalue weighted by Gasteiger charge is 2.28. The first kappa shape index (κ1) is 14.8. The average Bonchev–Trinajstić information content (AvgIpc) is 2.24. The third-order valence-corrected chi connectivity index (χ3v) is 2.32. The van der Waals surface area contributed by atoms with E-state index in [-0.39, 0.29) is 12.5 Å². The summed E-state index contributed by atoms with van der Waals surface area (Å²) in [5.41, 5.74) is 0.442. The molecule has 0 heterocycles.